The Morgan fingerprint density at radius 1 is 1.10 bits per heavy atom. The van der Waals surface area contributed by atoms with Gasteiger partial charge in [-0.15, -0.1) is 4.72 Å². The quantitative estimate of drug-likeness (QED) is 0.299. The van der Waals surface area contributed by atoms with E-state index < -0.39 is 38.3 Å². The highest BCUT2D eigenvalue weighted by atomic mass is 35.5. The third-order valence-corrected chi connectivity index (χ3v) is 9.79. The monoisotopic (exact) mass is 574 g/mol. The number of hydrogen-bond donors (Lipinski definition) is 1. The van der Waals surface area contributed by atoms with E-state index in [0.717, 1.165) is 43.6 Å². The van der Waals surface area contributed by atoms with Crippen molar-refractivity contribution in [3.63, 3.8) is 0 Å². The summed E-state index contributed by atoms with van der Waals surface area (Å²) in [6.45, 7) is 10.3. The number of pyridine rings is 2. The molecule has 3 aromatic rings. The molecule has 2 atom stereocenters. The van der Waals surface area contributed by atoms with Crippen LogP contribution in [0.5, 0.6) is 0 Å². The van der Waals surface area contributed by atoms with Crippen molar-refractivity contribution in [2.24, 2.45) is 0 Å². The highest BCUT2D eigenvalue weighted by Gasteiger charge is 2.43. The number of nitrogens with one attached hydrogen (secondary N) is 1. The minimum Gasteiger partial charge on any atom is -0.598 e. The number of aromatic nitrogens is 2. The second-order valence-electron chi connectivity index (χ2n) is 11.5. The van der Waals surface area contributed by atoms with Crippen molar-refractivity contribution < 1.29 is 18.1 Å². The van der Waals surface area contributed by atoms with Crippen molar-refractivity contribution in [1.82, 2.24) is 19.6 Å². The van der Waals surface area contributed by atoms with Gasteiger partial charge in [0.05, 0.1) is 17.9 Å². The molecule has 1 N–H and O–H groups in total. The number of halogens is 3. The Labute approximate surface area is 236 Å². The zero-order chi connectivity index (χ0) is 28.0. The highest BCUT2D eigenvalue weighted by molar-refractivity contribution is 7.90. The van der Waals surface area contributed by atoms with Gasteiger partial charge in [-0.1, -0.05) is 17.7 Å². The maximum atomic E-state index is 14.5. The van der Waals surface area contributed by atoms with Crippen LogP contribution < -0.4 is 4.72 Å². The Morgan fingerprint density at radius 3 is 2.41 bits per heavy atom. The van der Waals surface area contributed by atoms with Gasteiger partial charge >= 0.3 is 0 Å². The Balaban J connectivity index is 1.34. The predicted octanol–water partition coefficient (Wildman–Crippen LogP) is 5.75. The van der Waals surface area contributed by atoms with E-state index in [1.165, 1.54) is 11.1 Å². The lowest BCUT2D eigenvalue weighted by Gasteiger charge is -2.39. The van der Waals surface area contributed by atoms with Gasteiger partial charge in [0.1, 0.15) is 26.9 Å². The van der Waals surface area contributed by atoms with Gasteiger partial charge in [-0.2, -0.15) is 0 Å². The van der Waals surface area contributed by atoms with Crippen LogP contribution in [0.3, 0.4) is 0 Å². The van der Waals surface area contributed by atoms with E-state index in [9.17, 15) is 13.3 Å². The van der Waals surface area contributed by atoms with Crippen LogP contribution >= 0.6 is 11.6 Å². The number of hydrogen-bond acceptors (Lipinski definition) is 6. The van der Waals surface area contributed by atoms with Crippen LogP contribution in [0, 0.1) is 11.6 Å². The maximum Gasteiger partial charge on any atom is 0.145 e. The van der Waals surface area contributed by atoms with Gasteiger partial charge in [-0.05, 0) is 81.5 Å². The number of ether oxygens (including phenoxy) is 1. The summed E-state index contributed by atoms with van der Waals surface area (Å²) in [5, 5.41) is -0.576. The molecule has 6 nitrogen and oxygen atoms in total. The van der Waals surface area contributed by atoms with Crippen molar-refractivity contribution >= 4 is 23.0 Å². The van der Waals surface area contributed by atoms with Gasteiger partial charge in [0, 0.05) is 55.2 Å². The summed E-state index contributed by atoms with van der Waals surface area (Å²) >= 11 is 4.19. The average Bonchev–Trinajstić information content (AvgIpc) is 3.26. The first-order chi connectivity index (χ1) is 18.4. The summed E-state index contributed by atoms with van der Waals surface area (Å²) in [5.74, 6) is -1.77. The smallest absolute Gasteiger partial charge is 0.145 e. The van der Waals surface area contributed by atoms with E-state index in [-0.39, 0.29) is 11.2 Å². The standard InChI is InChI=1S/C29H33ClF2N4O2S/c1-27(2,3)39(37)35-28(4,21-13-23(31)26(30)24(32)14-21)25-6-5-19(15-34-25)17-36-11-8-29(9-12-36)22-16-33-10-7-20(22)18-38-29/h5-7,10,13-16,35H,8-9,11-12,17-18H2,1-4H3. The maximum absolute atomic E-state index is 14.5. The van der Waals surface area contributed by atoms with Gasteiger partial charge in [-0.25, -0.2) is 8.78 Å². The Morgan fingerprint density at radius 2 is 1.79 bits per heavy atom. The van der Waals surface area contributed by atoms with E-state index >= 15 is 0 Å². The summed E-state index contributed by atoms with van der Waals surface area (Å²) in [5.41, 5.74) is 2.70. The highest BCUT2D eigenvalue weighted by Crippen LogP contribution is 2.44. The molecule has 2 unspecified atom stereocenters. The fourth-order valence-electron chi connectivity index (χ4n) is 5.25. The Hall–Kier alpha value is -2.14. The van der Waals surface area contributed by atoms with E-state index in [1.54, 1.807) is 13.1 Å². The zero-order valence-electron chi connectivity index (χ0n) is 22.6. The predicted molar refractivity (Wildman–Crippen MR) is 148 cm³/mol. The number of rotatable bonds is 6. The molecular weight excluding hydrogens is 542 g/mol. The van der Waals surface area contributed by atoms with Crippen molar-refractivity contribution in [3.05, 3.63) is 93.5 Å². The van der Waals surface area contributed by atoms with Gasteiger partial charge < -0.3 is 9.29 Å². The van der Waals surface area contributed by atoms with E-state index in [1.807, 2.05) is 51.4 Å². The van der Waals surface area contributed by atoms with Gasteiger partial charge in [0.15, 0.2) is 0 Å². The molecule has 2 aliphatic heterocycles. The normalized spacial score (nSPS) is 19.6. The van der Waals surface area contributed by atoms with E-state index in [0.29, 0.717) is 18.8 Å². The lowest BCUT2D eigenvalue weighted by Crippen LogP contribution is -2.51. The van der Waals surface area contributed by atoms with Crippen LogP contribution in [0.1, 0.15) is 68.5 Å². The molecule has 1 saturated heterocycles. The first-order valence-corrected chi connectivity index (χ1v) is 14.5. The molecule has 0 aliphatic carbocycles. The van der Waals surface area contributed by atoms with E-state index in [2.05, 4.69) is 19.6 Å². The van der Waals surface area contributed by atoms with Crippen molar-refractivity contribution in [3.8, 4) is 0 Å². The molecule has 0 bridgehead atoms. The molecule has 2 aromatic heterocycles. The number of nitrogens with zero attached hydrogens (tertiary/aromatic N) is 3. The SMILES string of the molecule is CC(N[S+]([O-])C(C)(C)C)(c1cc(F)c(Cl)c(F)c1)c1ccc(CN2CCC3(CC2)OCc2ccncc23)cn1. The summed E-state index contributed by atoms with van der Waals surface area (Å²) in [4.78, 5) is 11.4. The molecule has 5 rings (SSSR count). The number of benzene rings is 1. The fraction of sp³-hybridized carbons (Fsp3) is 0.448. The second-order valence-corrected chi connectivity index (χ2v) is 13.8. The molecular formula is C29H33ClF2N4O2S. The van der Waals surface area contributed by atoms with Crippen LogP contribution in [0.25, 0.3) is 0 Å². The number of piperidine rings is 1. The van der Waals surface area contributed by atoms with Crippen LogP contribution in [-0.4, -0.2) is 37.3 Å². The minimum atomic E-state index is -1.55. The number of fused-ring (bicyclic) bond motifs is 2. The van der Waals surface area contributed by atoms with Crippen molar-refractivity contribution in [1.29, 1.82) is 0 Å². The van der Waals surface area contributed by atoms with Crippen LogP contribution in [0.2, 0.25) is 5.02 Å². The van der Waals surface area contributed by atoms with Gasteiger partial charge in [0.2, 0.25) is 0 Å². The van der Waals surface area contributed by atoms with Crippen LogP contribution in [-0.2, 0) is 40.4 Å². The molecule has 1 aromatic carbocycles. The fourth-order valence-corrected chi connectivity index (χ4v) is 6.26. The molecule has 10 heteroatoms. The second kappa shape index (κ2) is 10.7. The summed E-state index contributed by atoms with van der Waals surface area (Å²) < 4.78 is 50.8. The minimum absolute atomic E-state index is 0.243. The largest absolute Gasteiger partial charge is 0.598 e. The van der Waals surface area contributed by atoms with Gasteiger partial charge in [0.25, 0.3) is 0 Å². The molecule has 4 heterocycles. The van der Waals surface area contributed by atoms with E-state index in [4.69, 9.17) is 16.3 Å². The summed E-state index contributed by atoms with van der Waals surface area (Å²) in [6.07, 6.45) is 7.32. The molecule has 1 fully saturated rings. The average molecular weight is 575 g/mol. The molecule has 1 spiro atoms. The van der Waals surface area contributed by atoms with Gasteiger partial charge in [-0.3, -0.25) is 14.9 Å². The topological polar surface area (TPSA) is 73.3 Å². The molecule has 39 heavy (non-hydrogen) atoms. The molecule has 0 saturated carbocycles. The molecule has 208 valence electrons. The number of likely N-dealkylation sites (tertiary alicyclic amines) is 1. The zero-order valence-corrected chi connectivity index (χ0v) is 24.1. The molecule has 0 amide bonds. The lowest BCUT2D eigenvalue weighted by atomic mass is 9.84. The van der Waals surface area contributed by atoms with Crippen LogP contribution in [0.15, 0.2) is 48.9 Å². The Kier molecular flexibility index (Phi) is 7.78. The summed E-state index contributed by atoms with van der Waals surface area (Å²) in [6, 6.07) is 8.14. The first kappa shape index (κ1) is 28.4. The van der Waals surface area contributed by atoms with Crippen molar-refractivity contribution in [2.45, 2.75) is 69.6 Å². The first-order valence-electron chi connectivity index (χ1n) is 13.0. The van der Waals surface area contributed by atoms with Crippen molar-refractivity contribution in [2.75, 3.05) is 13.1 Å². The summed E-state index contributed by atoms with van der Waals surface area (Å²) in [7, 11) is 0. The lowest BCUT2D eigenvalue weighted by molar-refractivity contribution is -0.0800. The molecule has 0 radical (unpaired) electrons. The third-order valence-electron chi connectivity index (χ3n) is 7.73. The Bertz CT molecular complexity index is 1320. The third kappa shape index (κ3) is 5.58. The van der Waals surface area contributed by atoms with Crippen LogP contribution in [0.4, 0.5) is 8.78 Å². The molecule has 2 aliphatic rings.